The van der Waals surface area contributed by atoms with Crippen LogP contribution in [0.1, 0.15) is 17.5 Å². The fourth-order valence-electron chi connectivity index (χ4n) is 1.46. The molecule has 1 aromatic heterocycles. The summed E-state index contributed by atoms with van der Waals surface area (Å²) in [7, 11) is 0. The molecule has 0 fully saturated rings. The van der Waals surface area contributed by atoms with Gasteiger partial charge in [0, 0.05) is 5.39 Å². The molecule has 0 N–H and O–H groups in total. The average molecular weight is 287 g/mol. The van der Waals surface area contributed by atoms with Crippen molar-refractivity contribution < 1.29 is 18.7 Å². The molecule has 0 saturated heterocycles. The van der Waals surface area contributed by atoms with Gasteiger partial charge in [0.15, 0.2) is 5.76 Å². The summed E-state index contributed by atoms with van der Waals surface area (Å²) >= 11 is 11.8. The zero-order valence-electron chi connectivity index (χ0n) is 9.33. The van der Waals surface area contributed by atoms with E-state index in [1.54, 1.807) is 19.1 Å². The molecule has 0 aliphatic rings. The van der Waals surface area contributed by atoms with Gasteiger partial charge in [-0.2, -0.15) is 0 Å². The predicted molar refractivity (Wildman–Crippen MR) is 67.2 cm³/mol. The van der Waals surface area contributed by atoms with Crippen molar-refractivity contribution >= 4 is 45.9 Å². The van der Waals surface area contributed by atoms with Gasteiger partial charge in [0.05, 0.1) is 16.7 Å². The summed E-state index contributed by atoms with van der Waals surface area (Å²) in [6.07, 6.45) is 0. The summed E-state index contributed by atoms with van der Waals surface area (Å²) < 4.78 is 9.84. The van der Waals surface area contributed by atoms with Crippen LogP contribution < -0.4 is 0 Å². The van der Waals surface area contributed by atoms with Gasteiger partial charge in [0.1, 0.15) is 5.58 Å². The van der Waals surface area contributed by atoms with Crippen LogP contribution in [-0.2, 0) is 9.53 Å². The molecule has 0 atom stereocenters. The number of fused-ring (bicyclic) bond motifs is 1. The molecule has 2 rings (SSSR count). The number of carbonyl (C=O) groups excluding carboxylic acids is 2. The molecule has 18 heavy (non-hydrogen) atoms. The van der Waals surface area contributed by atoms with Crippen molar-refractivity contribution in [2.45, 2.75) is 6.92 Å². The zero-order chi connectivity index (χ0) is 13.3. The molecule has 0 aliphatic heterocycles. The van der Waals surface area contributed by atoms with Crippen LogP contribution in [0.2, 0.25) is 10.0 Å². The van der Waals surface area contributed by atoms with E-state index in [9.17, 15) is 9.59 Å². The average Bonchev–Trinajstić information content (AvgIpc) is 2.78. The Kier molecular flexibility index (Phi) is 3.59. The Bertz CT molecular complexity index is 630. The summed E-state index contributed by atoms with van der Waals surface area (Å²) in [5.74, 6) is -1.92. The molecule has 0 aliphatic carbocycles. The molecule has 0 bridgehead atoms. The standard InChI is InChI=1S/C12H8Cl2O4/c1-2-17-12(16)11(15)9-5-6-8(18-9)4-3-7(13)10(6)14/h3-5H,2H2,1H3. The van der Waals surface area contributed by atoms with E-state index >= 15 is 0 Å². The molecular formula is C12H8Cl2O4. The SMILES string of the molecule is CCOC(=O)C(=O)c1cc2c(Cl)c(Cl)ccc2o1. The number of furan rings is 1. The number of hydrogen-bond donors (Lipinski definition) is 0. The Morgan fingerprint density at radius 3 is 2.72 bits per heavy atom. The zero-order valence-corrected chi connectivity index (χ0v) is 10.8. The molecular weight excluding hydrogens is 279 g/mol. The molecule has 6 heteroatoms. The number of esters is 1. The Morgan fingerprint density at radius 1 is 1.33 bits per heavy atom. The molecule has 94 valence electrons. The van der Waals surface area contributed by atoms with Crippen molar-refractivity contribution in [3.63, 3.8) is 0 Å². The number of benzene rings is 1. The number of ether oxygens (including phenoxy) is 1. The molecule has 0 radical (unpaired) electrons. The normalized spacial score (nSPS) is 10.6. The summed E-state index contributed by atoms with van der Waals surface area (Å²) in [5, 5.41) is 1.11. The van der Waals surface area contributed by atoms with E-state index in [-0.39, 0.29) is 17.4 Å². The number of carbonyl (C=O) groups is 2. The van der Waals surface area contributed by atoms with Gasteiger partial charge in [-0.25, -0.2) is 4.79 Å². The lowest BCUT2D eigenvalue weighted by Crippen LogP contribution is -2.16. The van der Waals surface area contributed by atoms with Crippen LogP contribution >= 0.6 is 23.2 Å². The number of hydrogen-bond acceptors (Lipinski definition) is 4. The Morgan fingerprint density at radius 2 is 2.06 bits per heavy atom. The van der Waals surface area contributed by atoms with Crippen LogP contribution in [0, 0.1) is 0 Å². The van der Waals surface area contributed by atoms with Gasteiger partial charge in [-0.1, -0.05) is 23.2 Å². The largest absolute Gasteiger partial charge is 0.460 e. The summed E-state index contributed by atoms with van der Waals surface area (Å²) in [4.78, 5) is 22.9. The molecule has 1 heterocycles. The molecule has 4 nitrogen and oxygen atoms in total. The van der Waals surface area contributed by atoms with Crippen molar-refractivity contribution in [2.75, 3.05) is 6.61 Å². The van der Waals surface area contributed by atoms with Gasteiger partial charge in [0.2, 0.25) is 0 Å². The van der Waals surface area contributed by atoms with Crippen molar-refractivity contribution in [1.82, 2.24) is 0 Å². The Labute approximate surface area is 112 Å². The van der Waals surface area contributed by atoms with Gasteiger partial charge in [-0.3, -0.25) is 4.79 Å². The van der Waals surface area contributed by atoms with E-state index in [4.69, 9.17) is 27.6 Å². The minimum absolute atomic E-state index is 0.118. The molecule has 0 spiro atoms. The summed E-state index contributed by atoms with van der Waals surface area (Å²) in [5.41, 5.74) is 0.386. The van der Waals surface area contributed by atoms with Crippen LogP contribution in [0.5, 0.6) is 0 Å². The topological polar surface area (TPSA) is 56.5 Å². The number of ketones is 1. The Balaban J connectivity index is 2.45. The second-order valence-electron chi connectivity index (χ2n) is 3.43. The highest BCUT2D eigenvalue weighted by Gasteiger charge is 2.22. The minimum atomic E-state index is -0.959. The van der Waals surface area contributed by atoms with Crippen LogP contribution in [-0.4, -0.2) is 18.4 Å². The third-order valence-corrected chi connectivity index (χ3v) is 3.09. The van der Waals surface area contributed by atoms with Gasteiger partial charge >= 0.3 is 11.8 Å². The quantitative estimate of drug-likeness (QED) is 0.492. The number of Topliss-reactive ketones (excluding diaryl/α,β-unsaturated/α-hetero) is 1. The minimum Gasteiger partial charge on any atom is -0.460 e. The summed E-state index contributed by atoms with van der Waals surface area (Å²) in [6, 6.07) is 4.50. The van der Waals surface area contributed by atoms with E-state index in [0.29, 0.717) is 16.0 Å². The van der Waals surface area contributed by atoms with Crippen molar-refractivity contribution in [3.05, 3.63) is 34.0 Å². The van der Waals surface area contributed by atoms with E-state index in [2.05, 4.69) is 4.74 Å². The van der Waals surface area contributed by atoms with Gasteiger partial charge in [-0.05, 0) is 25.1 Å². The fraction of sp³-hybridized carbons (Fsp3) is 0.167. The smallest absolute Gasteiger partial charge is 0.383 e. The van der Waals surface area contributed by atoms with Crippen molar-refractivity contribution in [1.29, 1.82) is 0 Å². The first-order valence-electron chi connectivity index (χ1n) is 5.13. The highest BCUT2D eigenvalue weighted by Crippen LogP contribution is 2.32. The maximum atomic E-state index is 11.7. The lowest BCUT2D eigenvalue weighted by molar-refractivity contribution is -0.137. The highest BCUT2D eigenvalue weighted by molar-refractivity contribution is 6.45. The summed E-state index contributed by atoms with van der Waals surface area (Å²) in [6.45, 7) is 1.73. The number of rotatable bonds is 3. The maximum absolute atomic E-state index is 11.7. The highest BCUT2D eigenvalue weighted by atomic mass is 35.5. The molecule has 0 amide bonds. The first-order valence-corrected chi connectivity index (χ1v) is 5.89. The molecule has 0 unspecified atom stereocenters. The first-order chi connectivity index (χ1) is 8.54. The first kappa shape index (κ1) is 12.9. The van der Waals surface area contributed by atoms with Gasteiger partial charge in [0.25, 0.3) is 0 Å². The van der Waals surface area contributed by atoms with Crippen LogP contribution in [0.4, 0.5) is 0 Å². The van der Waals surface area contributed by atoms with Crippen molar-refractivity contribution in [3.8, 4) is 0 Å². The third kappa shape index (κ3) is 2.21. The van der Waals surface area contributed by atoms with Crippen LogP contribution in [0.25, 0.3) is 11.0 Å². The van der Waals surface area contributed by atoms with E-state index in [0.717, 1.165) is 0 Å². The molecule has 0 saturated carbocycles. The van der Waals surface area contributed by atoms with Crippen LogP contribution in [0.3, 0.4) is 0 Å². The Hall–Kier alpha value is -1.52. The second kappa shape index (κ2) is 5.00. The predicted octanol–water partition coefficient (Wildman–Crippen LogP) is 3.49. The molecule has 2 aromatic rings. The van der Waals surface area contributed by atoms with E-state index in [1.165, 1.54) is 6.07 Å². The van der Waals surface area contributed by atoms with E-state index < -0.39 is 11.8 Å². The lowest BCUT2D eigenvalue weighted by Gasteiger charge is -1.96. The fourth-order valence-corrected chi connectivity index (χ4v) is 1.84. The number of halogens is 2. The lowest BCUT2D eigenvalue weighted by atomic mass is 10.2. The second-order valence-corrected chi connectivity index (χ2v) is 4.22. The third-order valence-electron chi connectivity index (χ3n) is 2.27. The maximum Gasteiger partial charge on any atom is 0.383 e. The van der Waals surface area contributed by atoms with E-state index in [1.807, 2.05) is 0 Å². The van der Waals surface area contributed by atoms with Crippen LogP contribution in [0.15, 0.2) is 22.6 Å². The van der Waals surface area contributed by atoms with Gasteiger partial charge in [-0.15, -0.1) is 0 Å². The monoisotopic (exact) mass is 286 g/mol. The molecule has 1 aromatic carbocycles. The van der Waals surface area contributed by atoms with Gasteiger partial charge < -0.3 is 9.15 Å². The van der Waals surface area contributed by atoms with Crippen molar-refractivity contribution in [2.24, 2.45) is 0 Å².